The van der Waals surface area contributed by atoms with Gasteiger partial charge in [-0.2, -0.15) is 9.97 Å². The van der Waals surface area contributed by atoms with E-state index >= 15 is 0 Å². The first kappa shape index (κ1) is 45.7. The van der Waals surface area contributed by atoms with Gasteiger partial charge in [-0.25, -0.2) is 4.98 Å². The third-order valence-electron chi connectivity index (χ3n) is 15.3. The average Bonchev–Trinajstić information content (AvgIpc) is 3.97. The molecule has 79 heavy (non-hydrogen) atoms. The van der Waals surface area contributed by atoms with E-state index < -0.39 is 0 Å². The van der Waals surface area contributed by atoms with Gasteiger partial charge in [-0.3, -0.25) is 4.57 Å². The maximum atomic E-state index is 5.32. The lowest BCUT2D eigenvalue weighted by molar-refractivity contribution is 0.953. The number of anilines is 6. The predicted molar refractivity (Wildman–Crippen MR) is 330 cm³/mol. The van der Waals surface area contributed by atoms with Crippen molar-refractivity contribution in [1.29, 1.82) is 0 Å². The Balaban J connectivity index is 1.03. The Kier molecular flexibility index (Phi) is 11.1. The van der Waals surface area contributed by atoms with Gasteiger partial charge >= 0.3 is 0 Å². The van der Waals surface area contributed by atoms with E-state index in [1.165, 1.54) is 26.9 Å². The molecule has 15 rings (SSSR count). The van der Waals surface area contributed by atoms with Crippen LogP contribution in [0.2, 0.25) is 0 Å². The molecule has 0 unspecified atom stereocenters. The molecule has 0 aliphatic heterocycles. The molecule has 0 bridgehead atoms. The van der Waals surface area contributed by atoms with Crippen molar-refractivity contribution in [1.82, 2.24) is 19.5 Å². The minimum Gasteiger partial charge on any atom is -0.310 e. The van der Waals surface area contributed by atoms with E-state index in [1.54, 1.807) is 0 Å². The summed E-state index contributed by atoms with van der Waals surface area (Å²) in [5.74, 6) is 1.78. The molecule has 0 saturated heterocycles. The van der Waals surface area contributed by atoms with Crippen molar-refractivity contribution in [3.8, 4) is 39.9 Å². The molecule has 0 aliphatic rings. The standard InChI is InChI=1S/C73H48N6/c1-8-22-49(23-9-1)52-36-42-68-67(44-52)70-62-48-66-61-41-39-59(78(56-32-18-6-19-33-56)57-34-20-7-21-35-57)47-65(61)64-46-58(77(54-28-14-4-15-29-54)55-30-16-5-17-31-55)38-40-60(64)63(66)45-53(62)37-43-69(70)79(68)73-75-71(50-24-10-2-11-25-50)74-72(76-73)51-26-12-3-13-27-51/h1-48H. The summed E-state index contributed by atoms with van der Waals surface area (Å²) in [5, 5.41) is 11.6. The van der Waals surface area contributed by atoms with E-state index in [1.807, 2.05) is 36.4 Å². The summed E-state index contributed by atoms with van der Waals surface area (Å²) in [6.45, 7) is 0. The monoisotopic (exact) mass is 1010 g/mol. The first-order valence-electron chi connectivity index (χ1n) is 26.8. The summed E-state index contributed by atoms with van der Waals surface area (Å²) in [4.78, 5) is 20.4. The van der Waals surface area contributed by atoms with Crippen LogP contribution in [0.25, 0.3) is 105 Å². The van der Waals surface area contributed by atoms with E-state index in [2.05, 4.69) is 269 Å². The van der Waals surface area contributed by atoms with Crippen molar-refractivity contribution >= 4 is 99.0 Å². The van der Waals surface area contributed by atoms with Crippen molar-refractivity contribution in [3.63, 3.8) is 0 Å². The van der Waals surface area contributed by atoms with Gasteiger partial charge < -0.3 is 9.80 Å². The molecule has 0 N–H and O–H groups in total. The lowest BCUT2D eigenvalue weighted by Gasteiger charge is -2.27. The van der Waals surface area contributed by atoms with Gasteiger partial charge in [0.25, 0.3) is 0 Å². The van der Waals surface area contributed by atoms with Crippen LogP contribution >= 0.6 is 0 Å². The SMILES string of the molecule is c1ccc(-c2ccc3c(c2)c2c4cc5c6ccc(N(c7ccccc7)c7ccccc7)cc6c6cc(N(c7ccccc7)c7ccccc7)ccc6c5cc4ccc2n3-c2nc(-c3ccccc3)nc(-c3ccccc3)n2)cc1. The molecule has 15 aromatic rings. The largest absolute Gasteiger partial charge is 0.310 e. The second-order valence-corrected chi connectivity index (χ2v) is 20.0. The molecule has 0 amide bonds. The third kappa shape index (κ3) is 8.01. The van der Waals surface area contributed by atoms with Crippen molar-refractivity contribution in [3.05, 3.63) is 291 Å². The Morgan fingerprint density at radius 2 is 0.646 bits per heavy atom. The summed E-state index contributed by atoms with van der Waals surface area (Å²) >= 11 is 0. The van der Waals surface area contributed by atoms with Crippen molar-refractivity contribution in [2.45, 2.75) is 0 Å². The van der Waals surface area contributed by atoms with Crippen LogP contribution in [0.4, 0.5) is 34.1 Å². The zero-order chi connectivity index (χ0) is 52.2. The van der Waals surface area contributed by atoms with Crippen molar-refractivity contribution < 1.29 is 0 Å². The zero-order valence-corrected chi connectivity index (χ0v) is 42.9. The Bertz CT molecular complexity index is 4610. The smallest absolute Gasteiger partial charge is 0.238 e. The fraction of sp³-hybridized carbons (Fsp3) is 0. The highest BCUT2D eigenvalue weighted by molar-refractivity contribution is 6.31. The minimum atomic E-state index is 0.557. The van der Waals surface area contributed by atoms with Gasteiger partial charge in [-0.15, -0.1) is 0 Å². The Morgan fingerprint density at radius 3 is 1.11 bits per heavy atom. The van der Waals surface area contributed by atoms with Crippen LogP contribution < -0.4 is 9.80 Å². The first-order valence-corrected chi connectivity index (χ1v) is 26.8. The first-order chi connectivity index (χ1) is 39.2. The fourth-order valence-electron chi connectivity index (χ4n) is 11.7. The molecule has 0 atom stereocenters. The predicted octanol–water partition coefficient (Wildman–Crippen LogP) is 19.5. The number of para-hydroxylation sites is 4. The molecule has 0 fully saturated rings. The normalized spacial score (nSPS) is 11.5. The molecule has 2 aromatic heterocycles. The molecule has 6 heteroatoms. The van der Waals surface area contributed by atoms with Gasteiger partial charge in [-0.05, 0) is 157 Å². The number of hydrogen-bond acceptors (Lipinski definition) is 5. The van der Waals surface area contributed by atoms with Gasteiger partial charge in [0.2, 0.25) is 5.95 Å². The van der Waals surface area contributed by atoms with E-state index in [4.69, 9.17) is 15.0 Å². The number of aromatic nitrogens is 4. The van der Waals surface area contributed by atoms with E-state index in [-0.39, 0.29) is 0 Å². The van der Waals surface area contributed by atoms with Crippen LogP contribution in [0.5, 0.6) is 0 Å². The number of benzene rings is 13. The van der Waals surface area contributed by atoms with Crippen molar-refractivity contribution in [2.75, 3.05) is 9.80 Å². The van der Waals surface area contributed by atoms with Crippen LogP contribution in [0.1, 0.15) is 0 Å². The number of nitrogens with zero attached hydrogens (tertiary/aromatic N) is 6. The maximum Gasteiger partial charge on any atom is 0.238 e. The van der Waals surface area contributed by atoms with Gasteiger partial charge in [-0.1, -0.05) is 188 Å². The number of rotatable bonds is 10. The van der Waals surface area contributed by atoms with Gasteiger partial charge in [0.1, 0.15) is 0 Å². The second-order valence-electron chi connectivity index (χ2n) is 20.0. The Morgan fingerprint density at radius 1 is 0.241 bits per heavy atom. The average molecular weight is 1010 g/mol. The summed E-state index contributed by atoms with van der Waals surface area (Å²) in [6.07, 6.45) is 0. The van der Waals surface area contributed by atoms with Gasteiger partial charge in [0, 0.05) is 56.0 Å². The van der Waals surface area contributed by atoms with Crippen LogP contribution in [-0.4, -0.2) is 19.5 Å². The maximum absolute atomic E-state index is 5.32. The molecule has 370 valence electrons. The Hall–Kier alpha value is -10.7. The molecule has 0 aliphatic carbocycles. The lowest BCUT2D eigenvalue weighted by Crippen LogP contribution is -2.10. The molecule has 6 nitrogen and oxygen atoms in total. The summed E-state index contributed by atoms with van der Waals surface area (Å²) < 4.78 is 2.24. The Labute approximate surface area is 457 Å². The molecule has 0 saturated carbocycles. The molecular formula is C73H48N6. The van der Waals surface area contributed by atoms with Gasteiger partial charge in [0.05, 0.1) is 11.0 Å². The van der Waals surface area contributed by atoms with Crippen molar-refractivity contribution in [2.24, 2.45) is 0 Å². The fourth-order valence-corrected chi connectivity index (χ4v) is 11.7. The lowest BCUT2D eigenvalue weighted by atomic mass is 9.90. The number of fused-ring (bicyclic) bond motifs is 11. The third-order valence-corrected chi connectivity index (χ3v) is 15.3. The zero-order valence-electron chi connectivity index (χ0n) is 42.9. The molecule has 0 spiro atoms. The summed E-state index contributed by atoms with van der Waals surface area (Å²) in [6, 6.07) is 104. The van der Waals surface area contributed by atoms with Crippen LogP contribution in [-0.2, 0) is 0 Å². The number of hydrogen-bond donors (Lipinski definition) is 0. The highest BCUT2D eigenvalue weighted by Crippen LogP contribution is 2.47. The highest BCUT2D eigenvalue weighted by atomic mass is 15.2. The molecule has 13 aromatic carbocycles. The quantitative estimate of drug-likeness (QED) is 0.101. The van der Waals surface area contributed by atoms with E-state index in [0.29, 0.717) is 17.6 Å². The minimum absolute atomic E-state index is 0.557. The molecule has 2 heterocycles. The summed E-state index contributed by atoms with van der Waals surface area (Å²) in [5.41, 5.74) is 12.7. The molecular weight excluding hydrogens is 961 g/mol. The van der Waals surface area contributed by atoms with Gasteiger partial charge in [0.15, 0.2) is 11.6 Å². The van der Waals surface area contributed by atoms with E-state index in [0.717, 1.165) is 94.3 Å². The van der Waals surface area contributed by atoms with Crippen LogP contribution in [0.15, 0.2) is 291 Å². The highest BCUT2D eigenvalue weighted by Gasteiger charge is 2.23. The topological polar surface area (TPSA) is 50.1 Å². The molecule has 0 radical (unpaired) electrons. The second kappa shape index (κ2) is 19.2. The summed E-state index contributed by atoms with van der Waals surface area (Å²) in [7, 11) is 0. The van der Waals surface area contributed by atoms with Crippen LogP contribution in [0.3, 0.4) is 0 Å². The van der Waals surface area contributed by atoms with E-state index in [9.17, 15) is 0 Å². The van der Waals surface area contributed by atoms with Crippen LogP contribution in [0, 0.1) is 0 Å².